The smallest absolute Gasteiger partial charge is 0.191 e. The van der Waals surface area contributed by atoms with E-state index >= 15 is 0 Å². The van der Waals surface area contributed by atoms with Gasteiger partial charge in [0.05, 0.1) is 6.10 Å². The zero-order chi connectivity index (χ0) is 18.0. The highest BCUT2D eigenvalue weighted by molar-refractivity contribution is 14.0. The van der Waals surface area contributed by atoms with Crippen LogP contribution in [0.15, 0.2) is 4.99 Å². The molecule has 0 atom stereocenters. The lowest BCUT2D eigenvalue weighted by atomic mass is 9.67. The minimum atomic E-state index is -0.0844. The molecule has 1 aliphatic heterocycles. The van der Waals surface area contributed by atoms with Crippen molar-refractivity contribution in [3.63, 3.8) is 0 Å². The molecule has 0 aromatic rings. The Bertz CT molecular complexity index is 397. The van der Waals surface area contributed by atoms with Gasteiger partial charge >= 0.3 is 0 Å². The minimum absolute atomic E-state index is 0. The standard InChI is InChI=1S/C19H38N4O2.HI/c1-3-20-18(22-16-19(8-4-9-19)10-15-25-2)21-11-5-12-23-13-6-17(24)7-14-23;/h17,24H,3-16H2,1-2H3,(H2,20,21,22);1H. The maximum Gasteiger partial charge on any atom is 0.191 e. The summed E-state index contributed by atoms with van der Waals surface area (Å²) < 4.78 is 5.27. The average Bonchev–Trinajstić information content (AvgIpc) is 2.58. The van der Waals surface area contributed by atoms with Gasteiger partial charge in [0, 0.05) is 46.4 Å². The highest BCUT2D eigenvalue weighted by atomic mass is 127. The van der Waals surface area contributed by atoms with Crippen molar-refractivity contribution < 1.29 is 9.84 Å². The number of guanidine groups is 1. The number of aliphatic hydroxyl groups excluding tert-OH is 1. The Morgan fingerprint density at radius 1 is 1.27 bits per heavy atom. The van der Waals surface area contributed by atoms with Crippen molar-refractivity contribution in [2.24, 2.45) is 10.4 Å². The van der Waals surface area contributed by atoms with E-state index in [2.05, 4.69) is 22.5 Å². The van der Waals surface area contributed by atoms with Gasteiger partial charge in [-0.05, 0) is 57.4 Å². The molecule has 7 heteroatoms. The van der Waals surface area contributed by atoms with Gasteiger partial charge in [-0.25, -0.2) is 0 Å². The summed E-state index contributed by atoms with van der Waals surface area (Å²) in [6, 6.07) is 0. The molecule has 0 aromatic heterocycles. The van der Waals surface area contributed by atoms with Gasteiger partial charge in [0.2, 0.25) is 0 Å². The SMILES string of the molecule is CCNC(=NCC1(CCOC)CCC1)NCCCN1CCC(O)CC1.I. The van der Waals surface area contributed by atoms with Crippen molar-refractivity contribution in [3.8, 4) is 0 Å². The lowest BCUT2D eigenvalue weighted by Crippen LogP contribution is -2.42. The van der Waals surface area contributed by atoms with E-state index in [1.54, 1.807) is 7.11 Å². The van der Waals surface area contributed by atoms with Crippen LogP contribution in [0.4, 0.5) is 0 Å². The first-order valence-electron chi connectivity index (χ1n) is 10.1. The molecule has 154 valence electrons. The summed E-state index contributed by atoms with van der Waals surface area (Å²) in [5, 5.41) is 16.4. The molecule has 2 fully saturated rings. The molecule has 1 saturated heterocycles. The molecule has 0 amide bonds. The van der Waals surface area contributed by atoms with Crippen molar-refractivity contribution in [1.82, 2.24) is 15.5 Å². The number of rotatable bonds is 10. The van der Waals surface area contributed by atoms with E-state index in [0.29, 0.717) is 5.41 Å². The molecule has 3 N–H and O–H groups in total. The van der Waals surface area contributed by atoms with Crippen LogP contribution in [-0.4, -0.2) is 75.1 Å². The summed E-state index contributed by atoms with van der Waals surface area (Å²) in [5.41, 5.74) is 0.368. The van der Waals surface area contributed by atoms with Crippen LogP contribution >= 0.6 is 24.0 Å². The lowest BCUT2D eigenvalue weighted by molar-refractivity contribution is 0.0778. The molecule has 2 aliphatic rings. The third-order valence-corrected chi connectivity index (χ3v) is 5.67. The van der Waals surface area contributed by atoms with Gasteiger partial charge in [-0.2, -0.15) is 0 Å². The Labute approximate surface area is 176 Å². The molecule has 0 unspecified atom stereocenters. The quantitative estimate of drug-likeness (QED) is 0.193. The second-order valence-electron chi connectivity index (χ2n) is 7.64. The molecular weight excluding hydrogens is 443 g/mol. The largest absolute Gasteiger partial charge is 0.393 e. The molecule has 0 radical (unpaired) electrons. The van der Waals surface area contributed by atoms with Crippen LogP contribution in [0.2, 0.25) is 0 Å². The Balaban J connectivity index is 0.00000338. The van der Waals surface area contributed by atoms with Crippen LogP contribution < -0.4 is 10.6 Å². The Hall–Kier alpha value is -0.120. The van der Waals surface area contributed by atoms with Crippen molar-refractivity contribution in [3.05, 3.63) is 0 Å². The van der Waals surface area contributed by atoms with Crippen LogP contribution in [-0.2, 0) is 4.74 Å². The monoisotopic (exact) mass is 482 g/mol. The van der Waals surface area contributed by atoms with E-state index in [9.17, 15) is 5.11 Å². The topological polar surface area (TPSA) is 69.1 Å². The summed E-state index contributed by atoms with van der Waals surface area (Å²) >= 11 is 0. The maximum absolute atomic E-state index is 9.56. The molecule has 1 saturated carbocycles. The number of hydrogen-bond acceptors (Lipinski definition) is 4. The zero-order valence-electron chi connectivity index (χ0n) is 16.6. The van der Waals surface area contributed by atoms with Crippen LogP contribution in [0.25, 0.3) is 0 Å². The van der Waals surface area contributed by atoms with Gasteiger partial charge < -0.3 is 25.4 Å². The van der Waals surface area contributed by atoms with Gasteiger partial charge in [-0.3, -0.25) is 4.99 Å². The number of methoxy groups -OCH3 is 1. The number of piperidine rings is 1. The van der Waals surface area contributed by atoms with Gasteiger partial charge in [0.25, 0.3) is 0 Å². The summed E-state index contributed by atoms with van der Waals surface area (Å²) in [5.74, 6) is 0.945. The van der Waals surface area contributed by atoms with Crippen molar-refractivity contribution in [2.75, 3.05) is 53.0 Å². The second kappa shape index (κ2) is 13.1. The summed E-state index contributed by atoms with van der Waals surface area (Å²) in [4.78, 5) is 7.30. The number of likely N-dealkylation sites (tertiary alicyclic amines) is 1. The van der Waals surface area contributed by atoms with Crippen LogP contribution in [0.5, 0.6) is 0 Å². The van der Waals surface area contributed by atoms with E-state index < -0.39 is 0 Å². The average molecular weight is 482 g/mol. The van der Waals surface area contributed by atoms with Crippen LogP contribution in [0.1, 0.15) is 51.9 Å². The van der Waals surface area contributed by atoms with Crippen LogP contribution in [0, 0.1) is 5.41 Å². The van der Waals surface area contributed by atoms with Crippen molar-refractivity contribution in [1.29, 1.82) is 0 Å². The number of nitrogens with one attached hydrogen (secondary N) is 2. The number of ether oxygens (including phenoxy) is 1. The van der Waals surface area contributed by atoms with Crippen LogP contribution in [0.3, 0.4) is 0 Å². The van der Waals surface area contributed by atoms with Crippen molar-refractivity contribution >= 4 is 29.9 Å². The van der Waals surface area contributed by atoms with E-state index in [-0.39, 0.29) is 30.1 Å². The van der Waals surface area contributed by atoms with E-state index in [0.717, 1.165) is 77.5 Å². The minimum Gasteiger partial charge on any atom is -0.393 e. The van der Waals surface area contributed by atoms with Gasteiger partial charge in [0.15, 0.2) is 5.96 Å². The fourth-order valence-electron chi connectivity index (χ4n) is 3.72. The number of hydrogen-bond donors (Lipinski definition) is 3. The number of aliphatic imine (C=N–C) groups is 1. The molecule has 26 heavy (non-hydrogen) atoms. The molecular formula is C19H39IN4O2. The van der Waals surface area contributed by atoms with Gasteiger partial charge in [-0.15, -0.1) is 24.0 Å². The number of aliphatic hydroxyl groups is 1. The molecule has 0 spiro atoms. The fraction of sp³-hybridized carbons (Fsp3) is 0.947. The predicted octanol–water partition coefficient (Wildman–Crippen LogP) is 2.21. The summed E-state index contributed by atoms with van der Waals surface area (Å²) in [7, 11) is 1.78. The zero-order valence-corrected chi connectivity index (χ0v) is 19.0. The molecule has 0 aromatic carbocycles. The summed E-state index contributed by atoms with van der Waals surface area (Å²) in [6.07, 6.45) is 7.86. The highest BCUT2D eigenvalue weighted by Gasteiger charge is 2.36. The highest BCUT2D eigenvalue weighted by Crippen LogP contribution is 2.44. The molecule has 2 rings (SSSR count). The first-order chi connectivity index (χ1) is 12.2. The van der Waals surface area contributed by atoms with E-state index in [1.165, 1.54) is 19.3 Å². The Morgan fingerprint density at radius 2 is 2.00 bits per heavy atom. The molecule has 1 heterocycles. The summed E-state index contributed by atoms with van der Waals surface area (Å²) in [6.45, 7) is 8.82. The fourth-order valence-corrected chi connectivity index (χ4v) is 3.72. The molecule has 6 nitrogen and oxygen atoms in total. The molecule has 1 aliphatic carbocycles. The third kappa shape index (κ3) is 8.27. The number of halogens is 1. The predicted molar refractivity (Wildman–Crippen MR) is 118 cm³/mol. The first-order valence-corrected chi connectivity index (χ1v) is 10.1. The Morgan fingerprint density at radius 3 is 2.58 bits per heavy atom. The van der Waals surface area contributed by atoms with E-state index in [1.807, 2.05) is 0 Å². The maximum atomic E-state index is 9.56. The lowest BCUT2D eigenvalue weighted by Gasteiger charge is -2.40. The second-order valence-corrected chi connectivity index (χ2v) is 7.64. The van der Waals surface area contributed by atoms with E-state index in [4.69, 9.17) is 9.73 Å². The normalized spacial score (nSPS) is 21.0. The van der Waals surface area contributed by atoms with Gasteiger partial charge in [0.1, 0.15) is 0 Å². The van der Waals surface area contributed by atoms with Gasteiger partial charge in [-0.1, -0.05) is 6.42 Å². The third-order valence-electron chi connectivity index (χ3n) is 5.67. The Kier molecular flexibility index (Phi) is 12.1. The molecule has 0 bridgehead atoms. The van der Waals surface area contributed by atoms with Crippen molar-refractivity contribution in [2.45, 2.75) is 58.0 Å². The number of nitrogens with zero attached hydrogens (tertiary/aromatic N) is 2. The first kappa shape index (κ1) is 23.9.